The molecule has 0 bridgehead atoms. The quantitative estimate of drug-likeness (QED) is 0.887. The second-order valence-corrected chi connectivity index (χ2v) is 6.92. The normalized spacial score (nSPS) is 16.1. The van der Waals surface area contributed by atoms with Crippen molar-refractivity contribution >= 4 is 16.7 Å². The lowest BCUT2D eigenvalue weighted by atomic mass is 10.0. The van der Waals surface area contributed by atoms with E-state index in [1.54, 1.807) is 31.3 Å². The molecule has 134 valence electrons. The third kappa shape index (κ3) is 3.57. The molecule has 0 saturated carbocycles. The molecule has 1 saturated heterocycles. The SMILES string of the molecule is Cn1nc(C(=O)NCC(C)(C)N2CCOCC2)c2ccccc2c1=O. The molecule has 0 atom stereocenters. The van der Waals surface area contributed by atoms with Crippen LogP contribution in [-0.2, 0) is 11.8 Å². The minimum absolute atomic E-state index is 0.185. The molecule has 3 rings (SSSR count). The Kier molecular flexibility index (Phi) is 4.87. The molecule has 1 fully saturated rings. The van der Waals surface area contributed by atoms with Crippen LogP contribution in [0.25, 0.3) is 10.8 Å². The van der Waals surface area contributed by atoms with Crippen LogP contribution in [0.15, 0.2) is 29.1 Å². The van der Waals surface area contributed by atoms with Crippen LogP contribution in [0.3, 0.4) is 0 Å². The zero-order valence-corrected chi connectivity index (χ0v) is 14.9. The number of aromatic nitrogens is 2. The third-order valence-electron chi connectivity index (χ3n) is 4.72. The number of amides is 1. The van der Waals surface area contributed by atoms with Crippen molar-refractivity contribution in [2.24, 2.45) is 7.05 Å². The predicted molar refractivity (Wildman–Crippen MR) is 95.8 cm³/mol. The lowest BCUT2D eigenvalue weighted by Gasteiger charge is -2.40. The molecule has 0 unspecified atom stereocenters. The van der Waals surface area contributed by atoms with Crippen LogP contribution in [-0.4, -0.2) is 59.0 Å². The molecule has 7 nitrogen and oxygen atoms in total. The molecule has 1 aliphatic rings. The zero-order chi connectivity index (χ0) is 18.0. The maximum absolute atomic E-state index is 12.7. The second kappa shape index (κ2) is 6.93. The minimum Gasteiger partial charge on any atom is -0.379 e. The van der Waals surface area contributed by atoms with Crippen molar-refractivity contribution in [2.45, 2.75) is 19.4 Å². The first-order chi connectivity index (χ1) is 11.9. The number of carbonyl (C=O) groups is 1. The molecule has 1 amide bonds. The highest BCUT2D eigenvalue weighted by molar-refractivity contribution is 6.04. The van der Waals surface area contributed by atoms with Gasteiger partial charge in [-0.3, -0.25) is 14.5 Å². The summed E-state index contributed by atoms with van der Waals surface area (Å²) in [5, 5.41) is 8.22. The van der Waals surface area contributed by atoms with E-state index in [1.165, 1.54) is 4.68 Å². The predicted octanol–water partition coefficient (Wildman–Crippen LogP) is 0.774. The Bertz CT molecular complexity index is 838. The number of nitrogens with zero attached hydrogens (tertiary/aromatic N) is 3. The van der Waals surface area contributed by atoms with Crippen molar-refractivity contribution in [3.05, 3.63) is 40.3 Å². The van der Waals surface area contributed by atoms with E-state index in [0.717, 1.165) is 13.1 Å². The highest BCUT2D eigenvalue weighted by Gasteiger charge is 2.29. The van der Waals surface area contributed by atoms with E-state index < -0.39 is 0 Å². The first-order valence-electron chi connectivity index (χ1n) is 8.47. The van der Waals surface area contributed by atoms with Gasteiger partial charge in [0.1, 0.15) is 0 Å². The first kappa shape index (κ1) is 17.6. The maximum atomic E-state index is 12.7. The van der Waals surface area contributed by atoms with Crippen molar-refractivity contribution in [3.63, 3.8) is 0 Å². The van der Waals surface area contributed by atoms with Crippen molar-refractivity contribution in [1.29, 1.82) is 0 Å². The fourth-order valence-electron chi connectivity index (χ4n) is 3.13. The fraction of sp³-hybridized carbons (Fsp3) is 0.500. The minimum atomic E-state index is -0.270. The number of benzene rings is 1. The summed E-state index contributed by atoms with van der Waals surface area (Å²) in [6.07, 6.45) is 0. The van der Waals surface area contributed by atoms with E-state index in [-0.39, 0.29) is 22.7 Å². The number of rotatable bonds is 4. The van der Waals surface area contributed by atoms with E-state index in [1.807, 2.05) is 0 Å². The maximum Gasteiger partial charge on any atom is 0.274 e. The van der Waals surface area contributed by atoms with Gasteiger partial charge >= 0.3 is 0 Å². The molecule has 1 aromatic carbocycles. The molecule has 2 heterocycles. The van der Waals surface area contributed by atoms with E-state index in [9.17, 15) is 9.59 Å². The second-order valence-electron chi connectivity index (χ2n) is 6.92. The molecule has 0 spiro atoms. The van der Waals surface area contributed by atoms with Crippen LogP contribution >= 0.6 is 0 Å². The van der Waals surface area contributed by atoms with Gasteiger partial charge in [-0.2, -0.15) is 5.10 Å². The third-order valence-corrected chi connectivity index (χ3v) is 4.72. The largest absolute Gasteiger partial charge is 0.379 e. The first-order valence-corrected chi connectivity index (χ1v) is 8.47. The molecule has 2 aromatic rings. The molecule has 0 aliphatic carbocycles. The van der Waals surface area contributed by atoms with Gasteiger partial charge < -0.3 is 10.1 Å². The van der Waals surface area contributed by atoms with Crippen LogP contribution in [0.1, 0.15) is 24.3 Å². The number of morpholine rings is 1. The number of hydrogen-bond donors (Lipinski definition) is 1. The van der Waals surface area contributed by atoms with Crippen molar-refractivity contribution in [1.82, 2.24) is 20.0 Å². The molecule has 0 radical (unpaired) electrons. The number of nitrogens with one attached hydrogen (secondary N) is 1. The standard InChI is InChI=1S/C18H24N4O3/c1-18(2,22-8-10-25-11-9-22)12-19-16(23)15-13-6-4-5-7-14(13)17(24)21(3)20-15/h4-7H,8-12H2,1-3H3,(H,19,23). The summed E-state index contributed by atoms with van der Waals surface area (Å²) in [5.74, 6) is -0.270. The Morgan fingerprint density at radius 2 is 1.88 bits per heavy atom. The molecule has 1 aromatic heterocycles. The smallest absolute Gasteiger partial charge is 0.274 e. The Morgan fingerprint density at radius 1 is 1.24 bits per heavy atom. The van der Waals surface area contributed by atoms with Gasteiger partial charge in [0, 0.05) is 37.6 Å². The van der Waals surface area contributed by atoms with E-state index in [2.05, 4.69) is 29.2 Å². The molecule has 1 N–H and O–H groups in total. The lowest BCUT2D eigenvalue weighted by Crippen LogP contribution is -2.55. The van der Waals surface area contributed by atoms with Crippen molar-refractivity contribution in [3.8, 4) is 0 Å². The van der Waals surface area contributed by atoms with Crippen molar-refractivity contribution in [2.75, 3.05) is 32.8 Å². The molecule has 25 heavy (non-hydrogen) atoms. The number of carbonyl (C=O) groups excluding carboxylic acids is 1. The summed E-state index contributed by atoms with van der Waals surface area (Å²) in [6.45, 7) is 7.82. The summed E-state index contributed by atoms with van der Waals surface area (Å²) < 4.78 is 6.60. The highest BCUT2D eigenvalue weighted by atomic mass is 16.5. The molecular weight excluding hydrogens is 320 g/mol. The fourth-order valence-corrected chi connectivity index (χ4v) is 3.13. The van der Waals surface area contributed by atoms with E-state index in [0.29, 0.717) is 30.5 Å². The summed E-state index contributed by atoms with van der Waals surface area (Å²) in [5.41, 5.74) is -0.119. The summed E-state index contributed by atoms with van der Waals surface area (Å²) in [6, 6.07) is 7.06. The average Bonchev–Trinajstić information content (AvgIpc) is 2.63. The topological polar surface area (TPSA) is 76.5 Å². The molecule has 1 aliphatic heterocycles. The summed E-state index contributed by atoms with van der Waals surface area (Å²) in [4.78, 5) is 27.2. The van der Waals surface area contributed by atoms with Gasteiger partial charge in [0.2, 0.25) is 0 Å². The molecule has 7 heteroatoms. The highest BCUT2D eigenvalue weighted by Crippen LogP contribution is 2.16. The monoisotopic (exact) mass is 344 g/mol. The van der Waals surface area contributed by atoms with Gasteiger partial charge in [0.25, 0.3) is 11.5 Å². The van der Waals surface area contributed by atoms with Crippen LogP contribution in [0, 0.1) is 0 Å². The van der Waals surface area contributed by atoms with Crippen LogP contribution in [0.2, 0.25) is 0 Å². The van der Waals surface area contributed by atoms with Gasteiger partial charge in [-0.1, -0.05) is 18.2 Å². The van der Waals surface area contributed by atoms with E-state index >= 15 is 0 Å². The number of fused-ring (bicyclic) bond motifs is 1. The Balaban J connectivity index is 1.81. The number of ether oxygens (including phenoxy) is 1. The van der Waals surface area contributed by atoms with Gasteiger partial charge in [0.05, 0.1) is 18.6 Å². The van der Waals surface area contributed by atoms with Gasteiger partial charge in [0.15, 0.2) is 5.69 Å². The van der Waals surface area contributed by atoms with Gasteiger partial charge in [-0.15, -0.1) is 0 Å². The van der Waals surface area contributed by atoms with Crippen LogP contribution < -0.4 is 10.9 Å². The average molecular weight is 344 g/mol. The molecular formula is C18H24N4O3. The van der Waals surface area contributed by atoms with Gasteiger partial charge in [-0.05, 0) is 19.9 Å². The van der Waals surface area contributed by atoms with Gasteiger partial charge in [-0.25, -0.2) is 4.68 Å². The van der Waals surface area contributed by atoms with Crippen molar-refractivity contribution < 1.29 is 9.53 Å². The number of aryl methyl sites for hydroxylation is 1. The summed E-state index contributed by atoms with van der Waals surface area (Å²) in [7, 11) is 1.56. The van der Waals surface area contributed by atoms with Crippen LogP contribution in [0.4, 0.5) is 0 Å². The number of hydrogen-bond acceptors (Lipinski definition) is 5. The summed E-state index contributed by atoms with van der Waals surface area (Å²) >= 11 is 0. The lowest BCUT2D eigenvalue weighted by molar-refractivity contribution is -0.00924. The Labute approximate surface area is 146 Å². The van der Waals surface area contributed by atoms with Crippen LogP contribution in [0.5, 0.6) is 0 Å². The Morgan fingerprint density at radius 3 is 2.56 bits per heavy atom. The Hall–Kier alpha value is -2.25. The van der Waals surface area contributed by atoms with E-state index in [4.69, 9.17) is 4.74 Å². The zero-order valence-electron chi connectivity index (χ0n) is 14.9.